The highest BCUT2D eigenvalue weighted by molar-refractivity contribution is 8.02. The lowest BCUT2D eigenvalue weighted by atomic mass is 10.1. The fourth-order valence-electron chi connectivity index (χ4n) is 3.54. The van der Waals surface area contributed by atoms with Gasteiger partial charge in [-0.15, -0.1) is 11.8 Å². The maximum atomic E-state index is 14.5. The van der Waals surface area contributed by atoms with Crippen LogP contribution in [0.4, 0.5) is 8.78 Å². The number of carbonyl (C=O) groups excluding carboxylic acids is 1. The maximum Gasteiger partial charge on any atom is 0.248 e. The quantitative estimate of drug-likeness (QED) is 0.706. The van der Waals surface area contributed by atoms with Crippen molar-refractivity contribution in [1.29, 1.82) is 0 Å². The largest absolute Gasteiger partial charge is 0.387 e. The third kappa shape index (κ3) is 3.99. The van der Waals surface area contributed by atoms with E-state index >= 15 is 0 Å². The zero-order chi connectivity index (χ0) is 20.5. The maximum absolute atomic E-state index is 14.5. The number of aliphatic hydroxyl groups excluding tert-OH is 1. The summed E-state index contributed by atoms with van der Waals surface area (Å²) >= 11 is 7.32. The van der Waals surface area contributed by atoms with Gasteiger partial charge < -0.3 is 20.2 Å². The van der Waals surface area contributed by atoms with Crippen LogP contribution in [0.1, 0.15) is 12.0 Å². The van der Waals surface area contributed by atoms with Gasteiger partial charge in [0.2, 0.25) is 5.91 Å². The van der Waals surface area contributed by atoms with E-state index in [1.165, 1.54) is 0 Å². The fraction of sp³-hybridized carbons (Fsp3) is 0.368. The van der Waals surface area contributed by atoms with Gasteiger partial charge in [-0.05, 0) is 24.0 Å². The number of thioether (sulfide) groups is 1. The predicted molar refractivity (Wildman–Crippen MR) is 108 cm³/mol. The van der Waals surface area contributed by atoms with Crippen molar-refractivity contribution in [2.45, 2.75) is 6.42 Å². The van der Waals surface area contributed by atoms with Crippen molar-refractivity contribution < 1.29 is 18.7 Å². The zero-order valence-electron chi connectivity index (χ0n) is 15.4. The molecule has 1 aromatic rings. The molecule has 0 unspecified atom stereocenters. The molecule has 1 fully saturated rings. The Kier molecular flexibility index (Phi) is 5.80. The molecule has 1 saturated heterocycles. The number of aliphatic hydroxyl groups is 1. The summed E-state index contributed by atoms with van der Waals surface area (Å²) in [6, 6.07) is 1.99. The van der Waals surface area contributed by atoms with Gasteiger partial charge in [0.1, 0.15) is 29.9 Å². The normalized spacial score (nSPS) is 19.4. The Balaban J connectivity index is 1.68. The van der Waals surface area contributed by atoms with E-state index in [0.717, 1.165) is 35.6 Å². The van der Waals surface area contributed by atoms with Crippen LogP contribution in [0.5, 0.6) is 0 Å². The Bertz CT molecular complexity index is 942. The number of fused-ring (bicyclic) bond motifs is 1. The second-order valence-corrected chi connectivity index (χ2v) is 8.20. The van der Waals surface area contributed by atoms with Crippen LogP contribution in [0.15, 0.2) is 39.6 Å². The number of nitrogens with zero attached hydrogens (tertiary/aromatic N) is 3. The van der Waals surface area contributed by atoms with Crippen LogP contribution >= 0.6 is 23.4 Å². The smallest absolute Gasteiger partial charge is 0.248 e. The average molecular weight is 441 g/mol. The molecule has 0 radical (unpaired) electrons. The van der Waals surface area contributed by atoms with Crippen molar-refractivity contribution in [2.75, 3.05) is 38.5 Å². The lowest BCUT2D eigenvalue weighted by molar-refractivity contribution is -0.135. The lowest BCUT2D eigenvalue weighted by Gasteiger charge is -2.38. The van der Waals surface area contributed by atoms with Gasteiger partial charge in [-0.1, -0.05) is 11.6 Å². The van der Waals surface area contributed by atoms with Crippen LogP contribution < -0.4 is 5.32 Å². The Hall–Kier alpha value is -2.10. The Morgan fingerprint density at radius 3 is 2.72 bits per heavy atom. The molecule has 154 valence electrons. The fourth-order valence-corrected chi connectivity index (χ4v) is 4.49. The number of carbonyl (C=O) groups is 1. The molecule has 4 rings (SSSR count). The van der Waals surface area contributed by atoms with Crippen molar-refractivity contribution in [3.8, 4) is 0 Å². The van der Waals surface area contributed by atoms with Crippen molar-refractivity contribution in [3.05, 3.63) is 56.9 Å². The molecule has 3 aliphatic rings. The number of allylic oxidation sites excluding steroid dienone is 1. The first-order valence-electron chi connectivity index (χ1n) is 9.17. The van der Waals surface area contributed by atoms with Crippen molar-refractivity contribution in [3.63, 3.8) is 0 Å². The predicted octanol–water partition coefficient (Wildman–Crippen LogP) is 2.29. The van der Waals surface area contributed by atoms with Gasteiger partial charge >= 0.3 is 0 Å². The van der Waals surface area contributed by atoms with Gasteiger partial charge in [0.15, 0.2) is 0 Å². The van der Waals surface area contributed by atoms with E-state index in [-0.39, 0.29) is 22.3 Å². The number of nitrogens with one attached hydrogen (secondary N) is 1. The summed E-state index contributed by atoms with van der Waals surface area (Å²) in [5, 5.41) is 13.9. The molecule has 1 amide bonds. The molecule has 29 heavy (non-hydrogen) atoms. The van der Waals surface area contributed by atoms with E-state index < -0.39 is 18.2 Å². The Morgan fingerprint density at radius 2 is 2.00 bits per heavy atom. The second kappa shape index (κ2) is 8.33. The molecule has 2 N–H and O–H groups in total. The summed E-state index contributed by atoms with van der Waals surface area (Å²) in [5.74, 6) is 0.155. The van der Waals surface area contributed by atoms with E-state index in [9.17, 15) is 13.6 Å². The van der Waals surface area contributed by atoms with E-state index in [4.69, 9.17) is 16.7 Å². The molecule has 6 nitrogen and oxygen atoms in total. The van der Waals surface area contributed by atoms with Crippen molar-refractivity contribution in [2.24, 2.45) is 4.99 Å². The van der Waals surface area contributed by atoms with Crippen molar-refractivity contribution >= 4 is 35.1 Å². The van der Waals surface area contributed by atoms with Gasteiger partial charge in [-0.2, -0.15) is 0 Å². The summed E-state index contributed by atoms with van der Waals surface area (Å²) < 4.78 is 28.5. The van der Waals surface area contributed by atoms with Gasteiger partial charge in [-0.3, -0.25) is 4.79 Å². The highest BCUT2D eigenvalue weighted by Crippen LogP contribution is 2.33. The molecule has 1 aromatic carbocycles. The summed E-state index contributed by atoms with van der Waals surface area (Å²) in [4.78, 5) is 20.0. The monoisotopic (exact) mass is 440 g/mol. The Labute approximate surface area is 175 Å². The van der Waals surface area contributed by atoms with Crippen LogP contribution in [-0.2, 0) is 4.79 Å². The minimum Gasteiger partial charge on any atom is -0.387 e. The first-order chi connectivity index (χ1) is 14.0. The van der Waals surface area contributed by atoms with E-state index in [2.05, 4.69) is 10.3 Å². The first kappa shape index (κ1) is 20.2. The van der Waals surface area contributed by atoms with E-state index in [0.29, 0.717) is 32.0 Å². The molecule has 0 saturated carbocycles. The van der Waals surface area contributed by atoms with Crippen LogP contribution in [0.25, 0.3) is 0 Å². The second-order valence-electron chi connectivity index (χ2n) is 6.81. The minimum atomic E-state index is -0.716. The highest BCUT2D eigenvalue weighted by atomic mass is 35.5. The van der Waals surface area contributed by atoms with Gasteiger partial charge in [0, 0.05) is 37.5 Å². The molecule has 0 bridgehead atoms. The number of rotatable bonds is 3. The van der Waals surface area contributed by atoms with E-state index in [1.807, 2.05) is 10.3 Å². The molecule has 0 aliphatic carbocycles. The Morgan fingerprint density at radius 1 is 1.24 bits per heavy atom. The number of aliphatic imine (C=N–C) groups is 1. The van der Waals surface area contributed by atoms with Gasteiger partial charge in [0.05, 0.1) is 16.3 Å². The third-order valence-electron chi connectivity index (χ3n) is 5.07. The number of hydrogen-bond acceptors (Lipinski definition) is 6. The lowest BCUT2D eigenvalue weighted by Crippen LogP contribution is -2.49. The molecular weight excluding hydrogens is 422 g/mol. The summed E-state index contributed by atoms with van der Waals surface area (Å²) in [7, 11) is 0. The SMILES string of the molecule is O=C(CO)N1CCN(C2=C3CCSC=C3NC(c3cc(F)c(Cl)cc3F)=N2)CC1. The zero-order valence-corrected chi connectivity index (χ0v) is 17.0. The molecule has 10 heteroatoms. The molecule has 0 atom stereocenters. The molecule has 0 aromatic heterocycles. The molecule has 3 aliphatic heterocycles. The molecule has 3 heterocycles. The van der Waals surface area contributed by atoms with Crippen LogP contribution in [0.3, 0.4) is 0 Å². The van der Waals surface area contributed by atoms with Crippen molar-refractivity contribution in [1.82, 2.24) is 15.1 Å². The highest BCUT2D eigenvalue weighted by Gasteiger charge is 2.30. The number of halogens is 3. The van der Waals surface area contributed by atoms with Gasteiger partial charge in [-0.25, -0.2) is 13.8 Å². The summed E-state index contributed by atoms with van der Waals surface area (Å²) in [5.41, 5.74) is 1.85. The van der Waals surface area contributed by atoms with Crippen LogP contribution in [0, 0.1) is 11.6 Å². The van der Waals surface area contributed by atoms with Crippen LogP contribution in [-0.4, -0.2) is 65.2 Å². The number of hydrogen-bond donors (Lipinski definition) is 2. The van der Waals surface area contributed by atoms with Gasteiger partial charge in [0.25, 0.3) is 0 Å². The minimum absolute atomic E-state index is 0.00835. The molecule has 0 spiro atoms. The number of benzene rings is 1. The third-order valence-corrected chi connectivity index (χ3v) is 6.20. The number of piperazine rings is 1. The summed E-state index contributed by atoms with van der Waals surface area (Å²) in [6.07, 6.45) is 0.795. The molecular formula is C19H19ClF2N4O2S. The topological polar surface area (TPSA) is 68.2 Å². The first-order valence-corrected chi connectivity index (χ1v) is 10.6. The summed E-state index contributed by atoms with van der Waals surface area (Å²) in [6.45, 7) is 1.50. The standard InChI is InChI=1S/C19H19ClF2N4O2S/c20-13-8-14(21)12(7-15(13)22)18-23-16-10-29-6-1-11(16)19(24-18)26-4-2-25(3-5-26)17(28)9-27/h7-8,10,27H,1-6,9H2,(H,23,24). The van der Waals surface area contributed by atoms with Crippen LogP contribution in [0.2, 0.25) is 5.02 Å². The average Bonchev–Trinajstić information content (AvgIpc) is 2.75. The van der Waals surface area contributed by atoms with E-state index in [1.54, 1.807) is 16.7 Å². The number of amides is 1. The number of amidine groups is 1.